The largest absolute Gasteiger partial charge is 0.478 e. The summed E-state index contributed by atoms with van der Waals surface area (Å²) in [4.78, 5) is 24.2. The highest BCUT2D eigenvalue weighted by Crippen LogP contribution is 2.23. The van der Waals surface area contributed by atoms with Gasteiger partial charge in [-0.3, -0.25) is 5.32 Å². The van der Waals surface area contributed by atoms with Crippen molar-refractivity contribution in [1.82, 2.24) is 4.90 Å². The van der Waals surface area contributed by atoms with Gasteiger partial charge in [0.15, 0.2) is 0 Å². The van der Waals surface area contributed by atoms with E-state index < -0.39 is 12.0 Å². The second kappa shape index (κ2) is 7.72. The van der Waals surface area contributed by atoms with Crippen molar-refractivity contribution in [2.75, 3.05) is 38.7 Å². The summed E-state index contributed by atoms with van der Waals surface area (Å²) in [5.74, 6) is -1.10. The van der Waals surface area contributed by atoms with Gasteiger partial charge in [-0.25, -0.2) is 9.59 Å². The van der Waals surface area contributed by atoms with E-state index in [1.54, 1.807) is 5.38 Å². The summed E-state index contributed by atoms with van der Waals surface area (Å²) in [6.45, 7) is 0.636. The number of anilines is 1. The molecule has 0 spiro atoms. The highest BCUT2D eigenvalue weighted by molar-refractivity contribution is 7.14. The minimum absolute atomic E-state index is 0.0500. The van der Waals surface area contributed by atoms with E-state index in [0.717, 1.165) is 11.3 Å². The Hall–Kier alpha value is -1.64. The number of hydrogen-bond acceptors (Lipinski definition) is 5. The molecule has 0 aliphatic carbocycles. The third-order valence-electron chi connectivity index (χ3n) is 2.34. The van der Waals surface area contributed by atoms with Crippen molar-refractivity contribution in [3.8, 4) is 0 Å². The minimum Gasteiger partial charge on any atom is -0.478 e. The van der Waals surface area contributed by atoms with E-state index in [2.05, 4.69) is 5.32 Å². The number of aliphatic hydroxyl groups is 1. The first-order valence-electron chi connectivity index (χ1n) is 5.56. The van der Waals surface area contributed by atoms with E-state index in [0.29, 0.717) is 13.2 Å². The van der Waals surface area contributed by atoms with Crippen LogP contribution in [0.4, 0.5) is 9.80 Å². The fraction of sp³-hybridized carbons (Fsp3) is 0.455. The smallest absolute Gasteiger partial charge is 0.338 e. The summed E-state index contributed by atoms with van der Waals surface area (Å²) in [5, 5.41) is 22.2. The summed E-state index contributed by atoms with van der Waals surface area (Å²) in [6.07, 6.45) is 0. The van der Waals surface area contributed by atoms with Gasteiger partial charge in [-0.05, 0) is 11.4 Å². The normalized spacial score (nSPS) is 10.2. The van der Waals surface area contributed by atoms with E-state index in [1.165, 1.54) is 18.1 Å². The second-order valence-electron chi connectivity index (χ2n) is 3.60. The highest BCUT2D eigenvalue weighted by atomic mass is 32.1. The van der Waals surface area contributed by atoms with E-state index in [1.807, 2.05) is 0 Å². The number of amides is 2. The van der Waals surface area contributed by atoms with Crippen molar-refractivity contribution in [3.05, 3.63) is 17.0 Å². The Kier molecular flexibility index (Phi) is 6.26. The molecule has 0 atom stereocenters. The van der Waals surface area contributed by atoms with Crippen molar-refractivity contribution in [2.45, 2.75) is 0 Å². The van der Waals surface area contributed by atoms with Crippen LogP contribution in [0.5, 0.6) is 0 Å². The van der Waals surface area contributed by atoms with Crippen LogP contribution >= 0.6 is 11.3 Å². The maximum absolute atomic E-state index is 11.9. The molecule has 0 aliphatic heterocycles. The predicted octanol–water partition coefficient (Wildman–Crippen LogP) is 0.919. The van der Waals surface area contributed by atoms with Crippen LogP contribution in [0.15, 0.2) is 11.4 Å². The number of methoxy groups -OCH3 is 1. The number of ether oxygens (including phenoxy) is 1. The lowest BCUT2D eigenvalue weighted by atomic mass is 10.3. The summed E-state index contributed by atoms with van der Waals surface area (Å²) in [5.41, 5.74) is 0.0500. The zero-order chi connectivity index (χ0) is 14.3. The Labute approximate surface area is 114 Å². The number of rotatable bonds is 7. The van der Waals surface area contributed by atoms with Crippen LogP contribution in [-0.4, -0.2) is 60.5 Å². The van der Waals surface area contributed by atoms with Crippen LogP contribution in [0.2, 0.25) is 0 Å². The van der Waals surface area contributed by atoms with E-state index in [9.17, 15) is 9.59 Å². The van der Waals surface area contributed by atoms with E-state index >= 15 is 0 Å². The SMILES string of the molecule is COCCN(CCO)C(=O)Nc1sccc1C(=O)O. The first-order chi connectivity index (χ1) is 9.10. The Morgan fingerprint density at radius 3 is 2.79 bits per heavy atom. The van der Waals surface area contributed by atoms with Crippen molar-refractivity contribution < 1.29 is 24.5 Å². The molecule has 1 rings (SSSR count). The minimum atomic E-state index is -1.10. The van der Waals surface area contributed by atoms with Gasteiger partial charge in [-0.2, -0.15) is 0 Å². The maximum Gasteiger partial charge on any atom is 0.338 e. The molecular formula is C11H16N2O5S. The van der Waals surface area contributed by atoms with E-state index in [4.69, 9.17) is 14.9 Å². The average Bonchev–Trinajstić information content (AvgIpc) is 2.82. The third kappa shape index (κ3) is 4.51. The summed E-state index contributed by atoms with van der Waals surface area (Å²) < 4.78 is 4.87. The molecule has 1 aromatic rings. The predicted molar refractivity (Wildman–Crippen MR) is 70.8 cm³/mol. The van der Waals surface area contributed by atoms with Gasteiger partial charge in [0, 0.05) is 20.2 Å². The van der Waals surface area contributed by atoms with Crippen LogP contribution in [0.3, 0.4) is 0 Å². The molecule has 0 unspecified atom stereocenters. The topological polar surface area (TPSA) is 99.1 Å². The molecular weight excluding hydrogens is 272 g/mol. The zero-order valence-electron chi connectivity index (χ0n) is 10.5. The molecule has 0 aromatic carbocycles. The molecule has 1 aromatic heterocycles. The molecule has 0 radical (unpaired) electrons. The van der Waals surface area contributed by atoms with Gasteiger partial charge in [-0.1, -0.05) is 0 Å². The number of carboxylic acid groups (broad SMARTS) is 1. The Balaban J connectivity index is 2.69. The van der Waals surface area contributed by atoms with Crippen LogP contribution in [-0.2, 0) is 4.74 Å². The van der Waals surface area contributed by atoms with Crippen LogP contribution in [0.25, 0.3) is 0 Å². The lowest BCUT2D eigenvalue weighted by Crippen LogP contribution is -2.39. The molecule has 1 heterocycles. The summed E-state index contributed by atoms with van der Waals surface area (Å²) in [7, 11) is 1.51. The van der Waals surface area contributed by atoms with Crippen molar-refractivity contribution in [2.24, 2.45) is 0 Å². The van der Waals surface area contributed by atoms with E-state index in [-0.39, 0.29) is 23.7 Å². The van der Waals surface area contributed by atoms with Gasteiger partial charge >= 0.3 is 12.0 Å². The Bertz CT molecular complexity index is 434. The first kappa shape index (κ1) is 15.4. The van der Waals surface area contributed by atoms with Gasteiger partial charge in [0.1, 0.15) is 5.00 Å². The third-order valence-corrected chi connectivity index (χ3v) is 3.17. The lowest BCUT2D eigenvalue weighted by molar-refractivity contribution is 0.0698. The maximum atomic E-state index is 11.9. The Morgan fingerprint density at radius 2 is 2.21 bits per heavy atom. The number of nitrogens with one attached hydrogen (secondary N) is 1. The van der Waals surface area contributed by atoms with Crippen LogP contribution in [0.1, 0.15) is 10.4 Å². The first-order valence-corrected chi connectivity index (χ1v) is 6.44. The second-order valence-corrected chi connectivity index (χ2v) is 4.52. The highest BCUT2D eigenvalue weighted by Gasteiger charge is 2.17. The monoisotopic (exact) mass is 288 g/mol. The average molecular weight is 288 g/mol. The fourth-order valence-electron chi connectivity index (χ4n) is 1.39. The molecule has 0 fully saturated rings. The van der Waals surface area contributed by atoms with Gasteiger partial charge in [-0.15, -0.1) is 11.3 Å². The Morgan fingerprint density at radius 1 is 1.47 bits per heavy atom. The molecule has 8 heteroatoms. The van der Waals surface area contributed by atoms with Gasteiger partial charge < -0.3 is 19.8 Å². The van der Waals surface area contributed by atoms with Gasteiger partial charge in [0.2, 0.25) is 0 Å². The molecule has 7 nitrogen and oxygen atoms in total. The number of carbonyl (C=O) groups is 2. The van der Waals surface area contributed by atoms with Crippen LogP contribution in [0, 0.1) is 0 Å². The number of hydrogen-bond donors (Lipinski definition) is 3. The summed E-state index contributed by atoms with van der Waals surface area (Å²) >= 11 is 1.13. The fourth-order valence-corrected chi connectivity index (χ4v) is 2.16. The molecule has 0 saturated carbocycles. The number of urea groups is 1. The van der Waals surface area contributed by atoms with Gasteiger partial charge in [0.05, 0.1) is 18.8 Å². The summed E-state index contributed by atoms with van der Waals surface area (Å²) in [6, 6.07) is 0.963. The molecule has 19 heavy (non-hydrogen) atoms. The standard InChI is InChI=1S/C11H16N2O5S/c1-18-6-4-13(3-5-14)11(17)12-9-8(10(15)16)2-7-19-9/h2,7,14H,3-6H2,1H3,(H,12,17)(H,15,16). The van der Waals surface area contributed by atoms with Crippen molar-refractivity contribution in [3.63, 3.8) is 0 Å². The molecule has 0 saturated heterocycles. The van der Waals surface area contributed by atoms with Gasteiger partial charge in [0.25, 0.3) is 0 Å². The zero-order valence-corrected chi connectivity index (χ0v) is 11.3. The number of carboxylic acids is 1. The number of carbonyl (C=O) groups excluding carboxylic acids is 1. The van der Waals surface area contributed by atoms with Crippen molar-refractivity contribution in [1.29, 1.82) is 0 Å². The van der Waals surface area contributed by atoms with Crippen molar-refractivity contribution >= 4 is 28.3 Å². The van der Waals surface area contributed by atoms with Crippen LogP contribution < -0.4 is 5.32 Å². The number of thiophene rings is 1. The molecule has 0 bridgehead atoms. The number of aliphatic hydroxyl groups excluding tert-OH is 1. The molecule has 3 N–H and O–H groups in total. The molecule has 0 aliphatic rings. The molecule has 2 amide bonds. The molecule has 106 valence electrons. The lowest BCUT2D eigenvalue weighted by Gasteiger charge is -2.21. The quantitative estimate of drug-likeness (QED) is 0.693. The number of nitrogens with zero attached hydrogens (tertiary/aromatic N) is 1. The number of aromatic carboxylic acids is 1.